The molecule has 3 aromatic rings. The third kappa shape index (κ3) is 5.40. The van der Waals surface area contributed by atoms with Crippen molar-refractivity contribution in [2.24, 2.45) is 5.10 Å². The van der Waals surface area contributed by atoms with Crippen LogP contribution >= 0.6 is 34.8 Å². The molecule has 6 heteroatoms. The Labute approximate surface area is 167 Å². The molecule has 132 valence electrons. The molecule has 0 amide bonds. The van der Waals surface area contributed by atoms with Crippen LogP contribution in [0.15, 0.2) is 71.8 Å². The largest absolute Gasteiger partial charge is 0.489 e. The number of ether oxygens (including phenoxy) is 1. The Morgan fingerprint density at radius 1 is 0.885 bits per heavy atom. The van der Waals surface area contributed by atoms with Crippen molar-refractivity contribution in [1.82, 2.24) is 0 Å². The van der Waals surface area contributed by atoms with Gasteiger partial charge < -0.3 is 4.74 Å². The lowest BCUT2D eigenvalue weighted by Gasteiger charge is -2.07. The molecule has 0 heterocycles. The Hall–Kier alpha value is -2.20. The van der Waals surface area contributed by atoms with Crippen LogP contribution in [0.5, 0.6) is 5.75 Å². The molecule has 3 nitrogen and oxygen atoms in total. The van der Waals surface area contributed by atoms with E-state index in [0.717, 1.165) is 22.6 Å². The highest BCUT2D eigenvalue weighted by atomic mass is 35.5. The van der Waals surface area contributed by atoms with E-state index in [9.17, 15) is 0 Å². The highest BCUT2D eigenvalue weighted by molar-refractivity contribution is 6.42. The number of anilines is 1. The highest BCUT2D eigenvalue weighted by Crippen LogP contribution is 2.25. The smallest absolute Gasteiger partial charge is 0.120 e. The normalized spacial score (nSPS) is 10.9. The van der Waals surface area contributed by atoms with Crippen molar-refractivity contribution in [3.8, 4) is 5.75 Å². The lowest BCUT2D eigenvalue weighted by molar-refractivity contribution is 0.306. The van der Waals surface area contributed by atoms with Crippen LogP contribution in [0.4, 0.5) is 5.69 Å². The summed E-state index contributed by atoms with van der Waals surface area (Å²) in [5.74, 6) is 0.762. The molecule has 1 N–H and O–H groups in total. The number of hydrazone groups is 1. The van der Waals surface area contributed by atoms with Crippen molar-refractivity contribution in [2.45, 2.75) is 6.61 Å². The fourth-order valence-electron chi connectivity index (χ4n) is 2.18. The van der Waals surface area contributed by atoms with Gasteiger partial charge in [-0.3, -0.25) is 5.43 Å². The second-order valence-electron chi connectivity index (χ2n) is 5.49. The van der Waals surface area contributed by atoms with Crippen LogP contribution in [-0.2, 0) is 6.61 Å². The standard InChI is InChI=1S/C20H15Cl3N2O/c21-16-6-4-14(5-7-16)13-26-18-3-1-2-15(10-18)12-24-25-17-8-9-19(22)20(23)11-17/h1-12,25H,13H2. The molecule has 0 aliphatic heterocycles. The number of benzene rings is 3. The second kappa shape index (κ2) is 8.95. The van der Waals surface area contributed by atoms with E-state index >= 15 is 0 Å². The van der Waals surface area contributed by atoms with Crippen molar-refractivity contribution >= 4 is 46.7 Å². The average Bonchev–Trinajstić information content (AvgIpc) is 2.65. The van der Waals surface area contributed by atoms with Gasteiger partial charge in [-0.1, -0.05) is 59.1 Å². The SMILES string of the molecule is Clc1ccc(COc2cccc(C=NNc3ccc(Cl)c(Cl)c3)c2)cc1. The van der Waals surface area contributed by atoms with Crippen molar-refractivity contribution < 1.29 is 4.74 Å². The first-order chi connectivity index (χ1) is 12.6. The maximum Gasteiger partial charge on any atom is 0.120 e. The molecule has 0 bridgehead atoms. The first kappa shape index (κ1) is 18.6. The minimum Gasteiger partial charge on any atom is -0.489 e. The van der Waals surface area contributed by atoms with Crippen LogP contribution in [0.1, 0.15) is 11.1 Å². The predicted molar refractivity (Wildman–Crippen MR) is 110 cm³/mol. The van der Waals surface area contributed by atoms with Crippen LogP contribution in [0.25, 0.3) is 0 Å². The number of rotatable bonds is 6. The molecule has 0 atom stereocenters. The first-order valence-corrected chi connectivity index (χ1v) is 8.95. The molecule has 0 spiro atoms. The summed E-state index contributed by atoms with van der Waals surface area (Å²) in [5.41, 5.74) is 5.63. The zero-order valence-corrected chi connectivity index (χ0v) is 15.9. The van der Waals surface area contributed by atoms with Crippen molar-refractivity contribution in [3.63, 3.8) is 0 Å². The summed E-state index contributed by atoms with van der Waals surface area (Å²) in [5, 5.41) is 5.90. The van der Waals surface area contributed by atoms with Crippen molar-refractivity contribution in [1.29, 1.82) is 0 Å². The molecular weight excluding hydrogens is 391 g/mol. The summed E-state index contributed by atoms with van der Waals surface area (Å²) in [7, 11) is 0. The Balaban J connectivity index is 1.59. The van der Waals surface area contributed by atoms with E-state index in [0.29, 0.717) is 21.7 Å². The molecule has 0 radical (unpaired) electrons. The third-order valence-corrected chi connectivity index (χ3v) is 4.49. The molecular formula is C20H15Cl3N2O. The Bertz CT molecular complexity index is 911. The lowest BCUT2D eigenvalue weighted by atomic mass is 10.2. The van der Waals surface area contributed by atoms with Gasteiger partial charge in [0, 0.05) is 5.02 Å². The van der Waals surface area contributed by atoms with E-state index in [1.165, 1.54) is 0 Å². The average molecular weight is 406 g/mol. The zero-order chi connectivity index (χ0) is 18.4. The van der Waals surface area contributed by atoms with Gasteiger partial charge in [-0.15, -0.1) is 0 Å². The number of halogens is 3. The van der Waals surface area contributed by atoms with Gasteiger partial charge in [-0.25, -0.2) is 0 Å². The molecule has 0 aromatic heterocycles. The first-order valence-electron chi connectivity index (χ1n) is 7.81. The van der Waals surface area contributed by atoms with Crippen LogP contribution in [0.2, 0.25) is 15.1 Å². The lowest BCUT2D eigenvalue weighted by Crippen LogP contribution is -1.96. The molecule has 26 heavy (non-hydrogen) atoms. The Morgan fingerprint density at radius 3 is 2.46 bits per heavy atom. The quantitative estimate of drug-likeness (QED) is 0.367. The van der Waals surface area contributed by atoms with Crippen LogP contribution in [-0.4, -0.2) is 6.21 Å². The van der Waals surface area contributed by atoms with E-state index in [1.807, 2.05) is 48.5 Å². The summed E-state index contributed by atoms with van der Waals surface area (Å²) < 4.78 is 5.81. The molecule has 0 saturated carbocycles. The fourth-order valence-corrected chi connectivity index (χ4v) is 2.60. The maximum absolute atomic E-state index is 5.98. The van der Waals surface area contributed by atoms with Gasteiger partial charge >= 0.3 is 0 Å². The number of nitrogens with zero attached hydrogens (tertiary/aromatic N) is 1. The van der Waals surface area contributed by atoms with Crippen LogP contribution in [0, 0.1) is 0 Å². The van der Waals surface area contributed by atoms with Crippen LogP contribution < -0.4 is 10.2 Å². The van der Waals surface area contributed by atoms with E-state index in [-0.39, 0.29) is 0 Å². The number of nitrogens with one attached hydrogen (secondary N) is 1. The third-order valence-electron chi connectivity index (χ3n) is 3.50. The molecule has 0 aliphatic rings. The monoisotopic (exact) mass is 404 g/mol. The second-order valence-corrected chi connectivity index (χ2v) is 6.74. The summed E-state index contributed by atoms with van der Waals surface area (Å²) in [6.45, 7) is 0.472. The molecule has 0 unspecified atom stereocenters. The van der Waals surface area contributed by atoms with E-state index in [1.54, 1.807) is 24.4 Å². The minimum absolute atomic E-state index is 0.472. The maximum atomic E-state index is 5.98. The molecule has 3 rings (SSSR count). The van der Waals surface area contributed by atoms with Gasteiger partial charge in [0.05, 0.1) is 21.9 Å². The zero-order valence-electron chi connectivity index (χ0n) is 13.6. The summed E-state index contributed by atoms with van der Waals surface area (Å²) in [6, 6.07) is 20.5. The number of hydrogen-bond acceptors (Lipinski definition) is 3. The summed E-state index contributed by atoms with van der Waals surface area (Å²) in [6.07, 6.45) is 1.71. The highest BCUT2D eigenvalue weighted by Gasteiger charge is 1.99. The minimum atomic E-state index is 0.472. The van der Waals surface area contributed by atoms with E-state index in [4.69, 9.17) is 39.5 Å². The summed E-state index contributed by atoms with van der Waals surface area (Å²) in [4.78, 5) is 0. The van der Waals surface area contributed by atoms with Gasteiger partial charge in [-0.2, -0.15) is 5.10 Å². The van der Waals surface area contributed by atoms with E-state index in [2.05, 4.69) is 10.5 Å². The van der Waals surface area contributed by atoms with Crippen LogP contribution in [0.3, 0.4) is 0 Å². The van der Waals surface area contributed by atoms with E-state index < -0.39 is 0 Å². The molecule has 0 fully saturated rings. The van der Waals surface area contributed by atoms with Gasteiger partial charge in [0.25, 0.3) is 0 Å². The van der Waals surface area contributed by atoms with Gasteiger partial charge in [0.1, 0.15) is 12.4 Å². The topological polar surface area (TPSA) is 33.6 Å². The molecule has 0 aliphatic carbocycles. The Kier molecular flexibility index (Phi) is 6.40. The van der Waals surface area contributed by atoms with Gasteiger partial charge in [-0.05, 0) is 53.6 Å². The van der Waals surface area contributed by atoms with Crippen molar-refractivity contribution in [2.75, 3.05) is 5.43 Å². The fraction of sp³-hybridized carbons (Fsp3) is 0.0500. The van der Waals surface area contributed by atoms with Gasteiger partial charge in [0.2, 0.25) is 0 Å². The molecule has 0 saturated heterocycles. The summed E-state index contributed by atoms with van der Waals surface area (Å²) >= 11 is 17.8. The Morgan fingerprint density at radius 2 is 1.69 bits per heavy atom. The molecule has 3 aromatic carbocycles. The van der Waals surface area contributed by atoms with Gasteiger partial charge in [0.15, 0.2) is 0 Å². The predicted octanol–water partition coefficient (Wildman–Crippen LogP) is 6.67. The number of hydrogen-bond donors (Lipinski definition) is 1. The van der Waals surface area contributed by atoms with Crippen molar-refractivity contribution in [3.05, 3.63) is 92.9 Å².